The van der Waals surface area contributed by atoms with Gasteiger partial charge in [-0.15, -0.1) is 0 Å². The number of aromatic amines is 1. The van der Waals surface area contributed by atoms with Gasteiger partial charge in [-0.05, 0) is 42.7 Å². The summed E-state index contributed by atoms with van der Waals surface area (Å²) in [5.41, 5.74) is 9.71. The van der Waals surface area contributed by atoms with Crippen LogP contribution in [0.3, 0.4) is 0 Å². The number of ether oxygens (including phenoxy) is 1. The number of nitrogen functional groups attached to an aromatic ring is 1. The number of nitrogens with one attached hydrogen (secondary N) is 2. The van der Waals surface area contributed by atoms with Gasteiger partial charge in [0, 0.05) is 18.3 Å². The topological polar surface area (TPSA) is 135 Å². The Morgan fingerprint density at radius 2 is 1.97 bits per heavy atom. The average Bonchev–Trinajstić information content (AvgIpc) is 3.45. The average molecular weight is 456 g/mol. The normalized spacial score (nSPS) is 10.6. The molecule has 0 saturated heterocycles. The van der Waals surface area contributed by atoms with E-state index in [4.69, 9.17) is 15.6 Å². The predicted octanol–water partition coefficient (Wildman–Crippen LogP) is 3.15. The van der Waals surface area contributed by atoms with E-state index < -0.39 is 0 Å². The van der Waals surface area contributed by atoms with Crippen LogP contribution in [0.15, 0.2) is 60.8 Å². The van der Waals surface area contributed by atoms with Gasteiger partial charge in [-0.1, -0.05) is 30.3 Å². The number of anilines is 1. The van der Waals surface area contributed by atoms with Crippen molar-refractivity contribution in [1.82, 2.24) is 25.3 Å². The summed E-state index contributed by atoms with van der Waals surface area (Å²) < 4.78 is 7.02. The maximum Gasteiger partial charge on any atom is 0.255 e. The molecular weight excluding hydrogens is 430 g/mol. The van der Waals surface area contributed by atoms with Crippen LogP contribution in [0.2, 0.25) is 0 Å². The van der Waals surface area contributed by atoms with Gasteiger partial charge in [0.15, 0.2) is 5.82 Å². The molecule has 9 nitrogen and oxygen atoms in total. The van der Waals surface area contributed by atoms with Gasteiger partial charge in [0.05, 0.1) is 24.9 Å². The zero-order valence-electron chi connectivity index (χ0n) is 18.8. The van der Waals surface area contributed by atoms with Gasteiger partial charge in [-0.3, -0.25) is 14.6 Å². The van der Waals surface area contributed by atoms with E-state index in [9.17, 15) is 10.1 Å². The smallest absolute Gasteiger partial charge is 0.255 e. The molecule has 0 aliphatic rings. The quantitative estimate of drug-likeness (QED) is 0.332. The number of hydrogen-bond acceptors (Lipinski definition) is 6. The van der Waals surface area contributed by atoms with Gasteiger partial charge < -0.3 is 15.8 Å². The summed E-state index contributed by atoms with van der Waals surface area (Å²) in [5.74, 6) is 0.709. The summed E-state index contributed by atoms with van der Waals surface area (Å²) in [6.07, 6.45) is 2.94. The molecule has 0 aliphatic carbocycles. The summed E-state index contributed by atoms with van der Waals surface area (Å²) in [6.45, 7) is 0.976. The number of methoxy groups -OCH3 is 1. The second kappa shape index (κ2) is 10.4. The lowest BCUT2D eigenvalue weighted by molar-refractivity contribution is 0.0953. The van der Waals surface area contributed by atoms with Crippen molar-refractivity contribution in [2.75, 3.05) is 19.4 Å². The first kappa shape index (κ1) is 22.6. The molecule has 0 radical (unpaired) electrons. The highest BCUT2D eigenvalue weighted by atomic mass is 16.5. The van der Waals surface area contributed by atoms with Crippen molar-refractivity contribution in [2.24, 2.45) is 0 Å². The lowest BCUT2D eigenvalue weighted by atomic mass is 10.1. The third-order valence-corrected chi connectivity index (χ3v) is 5.43. The van der Waals surface area contributed by atoms with Gasteiger partial charge in [0.2, 0.25) is 0 Å². The number of aromatic nitrogens is 4. The molecule has 2 heterocycles. The van der Waals surface area contributed by atoms with Crippen molar-refractivity contribution in [3.8, 4) is 23.1 Å². The second-order valence-electron chi connectivity index (χ2n) is 7.74. The largest absolute Gasteiger partial charge is 0.497 e. The third-order valence-electron chi connectivity index (χ3n) is 5.43. The Morgan fingerprint density at radius 3 is 2.68 bits per heavy atom. The number of H-pyrrole nitrogens is 1. The summed E-state index contributed by atoms with van der Waals surface area (Å²) in [5, 5.41) is 23.5. The van der Waals surface area contributed by atoms with Crippen molar-refractivity contribution >= 4 is 11.7 Å². The minimum Gasteiger partial charge on any atom is -0.497 e. The Labute approximate surface area is 197 Å². The SMILES string of the molecule is COc1ccc(-c2nn(Cc3ccccc3)cc2C(=O)NCCCc2[nH]nc(N)c2C#N)cc1. The van der Waals surface area contributed by atoms with Gasteiger partial charge >= 0.3 is 0 Å². The van der Waals surface area contributed by atoms with E-state index in [-0.39, 0.29) is 11.7 Å². The second-order valence-corrected chi connectivity index (χ2v) is 7.74. The van der Waals surface area contributed by atoms with Crippen molar-refractivity contribution in [3.63, 3.8) is 0 Å². The van der Waals surface area contributed by atoms with Crippen LogP contribution >= 0.6 is 0 Å². The highest BCUT2D eigenvalue weighted by Gasteiger charge is 2.18. The van der Waals surface area contributed by atoms with E-state index in [1.54, 1.807) is 18.0 Å². The number of nitrogens with two attached hydrogens (primary N) is 1. The summed E-state index contributed by atoms with van der Waals surface area (Å²) >= 11 is 0. The number of carbonyl (C=O) groups excluding carboxylic acids is 1. The van der Waals surface area contributed by atoms with Crippen molar-refractivity contribution in [2.45, 2.75) is 19.4 Å². The Kier molecular flexibility index (Phi) is 6.89. The predicted molar refractivity (Wildman–Crippen MR) is 128 cm³/mol. The molecule has 1 amide bonds. The number of hydrogen-bond donors (Lipinski definition) is 3. The molecule has 0 saturated carbocycles. The van der Waals surface area contributed by atoms with Gasteiger partial charge in [-0.2, -0.15) is 15.5 Å². The van der Waals surface area contributed by atoms with Crippen LogP contribution in [0.25, 0.3) is 11.3 Å². The van der Waals surface area contributed by atoms with E-state index in [0.717, 1.165) is 16.9 Å². The lowest BCUT2D eigenvalue weighted by Gasteiger charge is -2.06. The molecule has 0 fully saturated rings. The monoisotopic (exact) mass is 455 g/mol. The molecule has 4 aromatic rings. The molecule has 0 aliphatic heterocycles. The number of rotatable bonds is 9. The van der Waals surface area contributed by atoms with Crippen LogP contribution in [0.1, 0.15) is 33.6 Å². The molecule has 2 aromatic carbocycles. The molecular formula is C25H25N7O2. The maximum atomic E-state index is 13.1. The van der Waals surface area contributed by atoms with Crippen LogP contribution in [0.5, 0.6) is 5.75 Å². The molecule has 0 unspecified atom stereocenters. The van der Waals surface area contributed by atoms with E-state index in [0.29, 0.717) is 48.4 Å². The summed E-state index contributed by atoms with van der Waals surface area (Å²) in [6, 6.07) is 19.5. The Bertz CT molecular complexity index is 1300. The van der Waals surface area contributed by atoms with Crippen molar-refractivity contribution in [3.05, 3.63) is 83.2 Å². The minimum absolute atomic E-state index is 0.191. The third kappa shape index (κ3) is 5.07. The van der Waals surface area contributed by atoms with Crippen molar-refractivity contribution in [1.29, 1.82) is 5.26 Å². The van der Waals surface area contributed by atoms with Gasteiger partial charge in [0.1, 0.15) is 23.1 Å². The molecule has 172 valence electrons. The summed E-state index contributed by atoms with van der Waals surface area (Å²) in [7, 11) is 1.61. The Hall–Kier alpha value is -4.58. The fraction of sp³-hybridized carbons (Fsp3) is 0.200. The highest BCUT2D eigenvalue weighted by molar-refractivity contribution is 5.99. The molecule has 0 atom stereocenters. The zero-order chi connectivity index (χ0) is 23.9. The number of amides is 1. The minimum atomic E-state index is -0.213. The molecule has 4 N–H and O–H groups in total. The van der Waals surface area contributed by atoms with E-state index in [1.807, 2.05) is 60.7 Å². The summed E-state index contributed by atoms with van der Waals surface area (Å²) in [4.78, 5) is 13.1. The zero-order valence-corrected chi connectivity index (χ0v) is 18.8. The van der Waals surface area contributed by atoms with Crippen LogP contribution in [-0.4, -0.2) is 39.5 Å². The van der Waals surface area contributed by atoms with Crippen LogP contribution in [0, 0.1) is 11.3 Å². The fourth-order valence-electron chi connectivity index (χ4n) is 3.66. The number of nitriles is 1. The van der Waals surface area contributed by atoms with E-state index in [2.05, 4.69) is 15.5 Å². The first-order valence-electron chi connectivity index (χ1n) is 10.9. The molecule has 4 rings (SSSR count). The number of benzene rings is 2. The fourth-order valence-corrected chi connectivity index (χ4v) is 3.66. The number of nitrogens with zero attached hydrogens (tertiary/aromatic N) is 4. The first-order chi connectivity index (χ1) is 16.6. The molecule has 34 heavy (non-hydrogen) atoms. The van der Waals surface area contributed by atoms with Crippen LogP contribution in [0.4, 0.5) is 5.82 Å². The molecule has 9 heteroatoms. The van der Waals surface area contributed by atoms with E-state index in [1.165, 1.54) is 0 Å². The van der Waals surface area contributed by atoms with Crippen molar-refractivity contribution < 1.29 is 9.53 Å². The standard InChI is InChI=1S/C25H25N7O2/c1-34-19-11-9-18(10-12-19)23-21(16-32(31-23)15-17-6-3-2-4-7-17)25(33)28-13-5-8-22-20(14-26)24(27)30-29-22/h2-4,6-7,9-12,16H,5,8,13,15H2,1H3,(H,28,33)(H3,27,29,30). The maximum absolute atomic E-state index is 13.1. The highest BCUT2D eigenvalue weighted by Crippen LogP contribution is 2.25. The van der Waals surface area contributed by atoms with Gasteiger partial charge in [-0.25, -0.2) is 0 Å². The molecule has 2 aromatic heterocycles. The van der Waals surface area contributed by atoms with Crippen LogP contribution < -0.4 is 15.8 Å². The number of aryl methyl sites for hydroxylation is 1. The van der Waals surface area contributed by atoms with E-state index >= 15 is 0 Å². The Morgan fingerprint density at radius 1 is 1.21 bits per heavy atom. The van der Waals surface area contributed by atoms with Crippen LogP contribution in [-0.2, 0) is 13.0 Å². The molecule has 0 bridgehead atoms. The molecule has 0 spiro atoms. The Balaban J connectivity index is 1.49. The lowest BCUT2D eigenvalue weighted by Crippen LogP contribution is -2.25. The number of carbonyl (C=O) groups is 1. The first-order valence-corrected chi connectivity index (χ1v) is 10.9. The van der Waals surface area contributed by atoms with Gasteiger partial charge in [0.25, 0.3) is 5.91 Å².